The van der Waals surface area contributed by atoms with Crippen LogP contribution in [-0.2, 0) is 19.7 Å². The average Bonchev–Trinajstić information content (AvgIpc) is 2.11. The van der Waals surface area contributed by atoms with Gasteiger partial charge in [0.25, 0.3) is 0 Å². The second-order valence-corrected chi connectivity index (χ2v) is 11.0. The van der Waals surface area contributed by atoms with Gasteiger partial charge in [0.05, 0.1) is 21.0 Å². The van der Waals surface area contributed by atoms with Crippen LogP contribution in [0.15, 0.2) is 0 Å². The summed E-state index contributed by atoms with van der Waals surface area (Å²) in [4.78, 5) is 0. The van der Waals surface area contributed by atoms with Gasteiger partial charge in [0.1, 0.15) is 0 Å². The summed E-state index contributed by atoms with van der Waals surface area (Å²) >= 11 is 0. The van der Waals surface area contributed by atoms with Crippen molar-refractivity contribution in [1.29, 1.82) is 0 Å². The first-order valence-electron chi connectivity index (χ1n) is 6.48. The highest BCUT2D eigenvalue weighted by atomic mass is 32.2. The molecule has 2 spiro atoms. The van der Waals surface area contributed by atoms with Gasteiger partial charge in [-0.3, -0.25) is 0 Å². The Labute approximate surface area is 108 Å². The molecule has 0 aromatic carbocycles. The van der Waals surface area contributed by atoms with E-state index in [1.165, 1.54) is 0 Å². The van der Waals surface area contributed by atoms with Gasteiger partial charge in [-0.25, -0.2) is 16.8 Å². The van der Waals surface area contributed by atoms with E-state index < -0.39 is 19.7 Å². The fourth-order valence-electron chi connectivity index (χ4n) is 3.05. The summed E-state index contributed by atoms with van der Waals surface area (Å²) in [6.45, 7) is 1.38. The van der Waals surface area contributed by atoms with Crippen LogP contribution in [0, 0.1) is 0 Å². The molecular weight excluding hydrogens is 274 g/mol. The highest BCUT2D eigenvalue weighted by Gasteiger charge is 2.56. The Bertz CT molecular complexity index is 493. The lowest BCUT2D eigenvalue weighted by atomic mass is 9.81. The van der Waals surface area contributed by atoms with Crippen molar-refractivity contribution >= 4 is 19.7 Å². The Kier molecular flexibility index (Phi) is 2.65. The molecule has 5 nitrogen and oxygen atoms in total. The van der Waals surface area contributed by atoms with Gasteiger partial charge in [0.2, 0.25) is 0 Å². The largest absolute Gasteiger partial charge is 0.313 e. The van der Waals surface area contributed by atoms with Crippen LogP contribution in [-0.4, -0.2) is 50.9 Å². The standard InChI is InChI=1S/C6H10O2S.C5H9NO2S/c7-9(8)5-4-6(9)2-1-3-6;7-9(8)2-1-5(9)3-6-4-5/h1-5H2;6H,1-4H2. The molecular formula is C11H19NO4S2. The van der Waals surface area contributed by atoms with E-state index in [4.69, 9.17) is 0 Å². The summed E-state index contributed by atoms with van der Waals surface area (Å²) in [5, 5.41) is 2.98. The van der Waals surface area contributed by atoms with Crippen LogP contribution >= 0.6 is 0 Å². The van der Waals surface area contributed by atoms with Gasteiger partial charge in [0.15, 0.2) is 19.7 Å². The summed E-state index contributed by atoms with van der Waals surface area (Å²) in [6, 6.07) is 0. The molecule has 4 fully saturated rings. The Balaban J connectivity index is 0.000000111. The molecule has 104 valence electrons. The quantitative estimate of drug-likeness (QED) is 0.673. The topological polar surface area (TPSA) is 80.3 Å². The molecule has 0 bridgehead atoms. The zero-order valence-electron chi connectivity index (χ0n) is 10.3. The third kappa shape index (κ3) is 1.53. The van der Waals surface area contributed by atoms with Crippen molar-refractivity contribution in [3.05, 3.63) is 0 Å². The molecule has 1 saturated carbocycles. The summed E-state index contributed by atoms with van der Waals surface area (Å²) in [7, 11) is -5.23. The second-order valence-electron chi connectivity index (χ2n) is 5.96. The van der Waals surface area contributed by atoms with Gasteiger partial charge in [-0.1, -0.05) is 6.42 Å². The predicted molar refractivity (Wildman–Crippen MR) is 69.0 cm³/mol. The van der Waals surface area contributed by atoms with Crippen molar-refractivity contribution in [3.8, 4) is 0 Å². The smallest absolute Gasteiger partial charge is 0.158 e. The van der Waals surface area contributed by atoms with Gasteiger partial charge < -0.3 is 5.32 Å². The van der Waals surface area contributed by atoms with E-state index in [1.54, 1.807) is 0 Å². The fourth-order valence-corrected chi connectivity index (χ4v) is 6.83. The number of hydrogen-bond acceptors (Lipinski definition) is 5. The van der Waals surface area contributed by atoms with E-state index in [0.29, 0.717) is 24.6 Å². The molecule has 0 atom stereocenters. The van der Waals surface area contributed by atoms with Crippen molar-refractivity contribution in [2.24, 2.45) is 0 Å². The molecule has 0 radical (unpaired) electrons. The van der Waals surface area contributed by atoms with Gasteiger partial charge in [0, 0.05) is 13.1 Å². The molecule has 0 unspecified atom stereocenters. The van der Waals surface area contributed by atoms with Crippen LogP contribution in [0.2, 0.25) is 0 Å². The Morgan fingerprint density at radius 1 is 0.722 bits per heavy atom. The molecule has 4 rings (SSSR count). The Morgan fingerprint density at radius 2 is 1.22 bits per heavy atom. The van der Waals surface area contributed by atoms with E-state index in [0.717, 1.165) is 32.1 Å². The molecule has 4 aliphatic rings. The minimum absolute atomic E-state index is 0.187. The monoisotopic (exact) mass is 293 g/mol. The van der Waals surface area contributed by atoms with Crippen LogP contribution in [0.5, 0.6) is 0 Å². The van der Waals surface area contributed by atoms with Crippen molar-refractivity contribution in [2.75, 3.05) is 24.6 Å². The van der Waals surface area contributed by atoms with E-state index in [-0.39, 0.29) is 9.49 Å². The van der Waals surface area contributed by atoms with Gasteiger partial charge in [-0.15, -0.1) is 0 Å². The lowest BCUT2D eigenvalue weighted by Crippen LogP contribution is -2.70. The van der Waals surface area contributed by atoms with Crippen LogP contribution < -0.4 is 5.32 Å². The predicted octanol–water partition coefficient (Wildman–Crippen LogP) is -0.125. The molecule has 7 heteroatoms. The first-order valence-corrected chi connectivity index (χ1v) is 9.79. The van der Waals surface area contributed by atoms with Gasteiger partial charge in [-0.2, -0.15) is 0 Å². The zero-order chi connectivity index (χ0) is 13.1. The summed E-state index contributed by atoms with van der Waals surface area (Å²) in [5.41, 5.74) is 0. The van der Waals surface area contributed by atoms with Crippen molar-refractivity contribution < 1.29 is 16.8 Å². The molecule has 0 amide bonds. The first kappa shape index (κ1) is 12.9. The summed E-state index contributed by atoms with van der Waals surface area (Å²) in [5.74, 6) is 0.863. The zero-order valence-corrected chi connectivity index (χ0v) is 11.9. The first-order chi connectivity index (χ1) is 8.33. The SMILES string of the molecule is O=S1(=O)CCC12CCC2.O=S1(=O)CCC12CNC2. The third-order valence-electron chi connectivity index (χ3n) is 5.13. The van der Waals surface area contributed by atoms with Crippen LogP contribution in [0.1, 0.15) is 32.1 Å². The number of rotatable bonds is 0. The summed E-state index contributed by atoms with van der Waals surface area (Å²) < 4.78 is 43.5. The number of nitrogens with one attached hydrogen (secondary N) is 1. The minimum Gasteiger partial charge on any atom is -0.313 e. The molecule has 0 aromatic heterocycles. The molecule has 3 aliphatic heterocycles. The molecule has 3 saturated heterocycles. The average molecular weight is 293 g/mol. The van der Waals surface area contributed by atoms with E-state index in [9.17, 15) is 16.8 Å². The lowest BCUT2D eigenvalue weighted by Gasteiger charge is -2.48. The van der Waals surface area contributed by atoms with E-state index >= 15 is 0 Å². The van der Waals surface area contributed by atoms with Crippen LogP contribution in [0.4, 0.5) is 0 Å². The molecule has 1 N–H and O–H groups in total. The maximum absolute atomic E-state index is 11.0. The van der Waals surface area contributed by atoms with Gasteiger partial charge >= 0.3 is 0 Å². The maximum Gasteiger partial charge on any atom is 0.158 e. The fraction of sp³-hybridized carbons (Fsp3) is 1.00. The van der Waals surface area contributed by atoms with Crippen LogP contribution in [0.25, 0.3) is 0 Å². The minimum atomic E-state index is -2.65. The van der Waals surface area contributed by atoms with E-state index in [1.807, 2.05) is 0 Å². The Morgan fingerprint density at radius 3 is 1.22 bits per heavy atom. The maximum atomic E-state index is 11.0. The van der Waals surface area contributed by atoms with Gasteiger partial charge in [-0.05, 0) is 25.7 Å². The van der Waals surface area contributed by atoms with Crippen molar-refractivity contribution in [3.63, 3.8) is 0 Å². The van der Waals surface area contributed by atoms with E-state index in [2.05, 4.69) is 5.32 Å². The molecule has 1 aliphatic carbocycles. The highest BCUT2D eigenvalue weighted by Crippen LogP contribution is 2.49. The Hall–Kier alpha value is -0.140. The van der Waals surface area contributed by atoms with Crippen molar-refractivity contribution in [2.45, 2.75) is 41.6 Å². The number of hydrogen-bond donors (Lipinski definition) is 1. The van der Waals surface area contributed by atoms with Crippen LogP contribution in [0.3, 0.4) is 0 Å². The van der Waals surface area contributed by atoms with Crippen molar-refractivity contribution in [1.82, 2.24) is 5.32 Å². The molecule has 3 heterocycles. The number of sulfone groups is 2. The second kappa shape index (κ2) is 3.70. The third-order valence-corrected chi connectivity index (χ3v) is 10.4. The lowest BCUT2D eigenvalue weighted by molar-refractivity contribution is 0.299. The normalized spacial score (nSPS) is 35.1. The molecule has 0 aromatic rings. The highest BCUT2D eigenvalue weighted by molar-refractivity contribution is 7.94. The molecule has 18 heavy (non-hydrogen) atoms. The summed E-state index contributed by atoms with van der Waals surface area (Å²) in [6.07, 6.45) is 4.82.